The molecule has 0 fully saturated rings. The van der Waals surface area contributed by atoms with Crippen molar-refractivity contribution >= 4 is 34.3 Å². The summed E-state index contributed by atoms with van der Waals surface area (Å²) in [5, 5.41) is 2.15. The highest BCUT2D eigenvalue weighted by atomic mass is 35.5. The second-order valence-electron chi connectivity index (χ2n) is 4.65. The van der Waals surface area contributed by atoms with E-state index in [9.17, 15) is 0 Å². The molecule has 0 saturated heterocycles. The molecule has 18 heavy (non-hydrogen) atoms. The van der Waals surface area contributed by atoms with Crippen LogP contribution in [0.3, 0.4) is 0 Å². The molecule has 0 radical (unpaired) electrons. The van der Waals surface area contributed by atoms with Crippen molar-refractivity contribution in [2.75, 3.05) is 0 Å². The average Bonchev–Trinajstić information content (AvgIpc) is 2.91. The lowest BCUT2D eigenvalue weighted by Crippen LogP contribution is -1.83. The van der Waals surface area contributed by atoms with Crippen molar-refractivity contribution in [1.82, 2.24) is 0 Å². The highest BCUT2D eigenvalue weighted by molar-refractivity contribution is 7.23. The van der Waals surface area contributed by atoms with Gasteiger partial charge in [-0.2, -0.15) is 0 Å². The minimum Gasteiger partial charge on any atom is -0.143 e. The standard InChI is InChI=1S/C15H19ClS2/c1-3-4-5-6-7-12-10-13(18-15(12)16)14-11(2)8-9-17-14/h8-10H,3-7H2,1-2H3. The molecular weight excluding hydrogens is 280 g/mol. The fraction of sp³-hybridized carbons (Fsp3) is 0.467. The van der Waals surface area contributed by atoms with Gasteiger partial charge in [0, 0.05) is 9.75 Å². The molecule has 0 spiro atoms. The van der Waals surface area contributed by atoms with Gasteiger partial charge >= 0.3 is 0 Å². The summed E-state index contributed by atoms with van der Waals surface area (Å²) in [6.45, 7) is 4.41. The summed E-state index contributed by atoms with van der Waals surface area (Å²) in [6, 6.07) is 4.46. The lowest BCUT2D eigenvalue weighted by atomic mass is 10.1. The van der Waals surface area contributed by atoms with E-state index in [2.05, 4.69) is 31.4 Å². The van der Waals surface area contributed by atoms with Crippen LogP contribution in [0.2, 0.25) is 4.34 Å². The zero-order chi connectivity index (χ0) is 13.0. The van der Waals surface area contributed by atoms with Crippen LogP contribution >= 0.6 is 34.3 Å². The van der Waals surface area contributed by atoms with Crippen molar-refractivity contribution in [3.63, 3.8) is 0 Å². The Bertz CT molecular complexity index is 496. The van der Waals surface area contributed by atoms with E-state index in [1.807, 2.05) is 11.3 Å². The largest absolute Gasteiger partial charge is 0.143 e. The molecule has 98 valence electrons. The molecule has 0 aromatic carbocycles. The lowest BCUT2D eigenvalue weighted by Gasteiger charge is -1.98. The Labute approximate surface area is 123 Å². The Balaban J connectivity index is 2.05. The van der Waals surface area contributed by atoms with Crippen molar-refractivity contribution in [2.45, 2.75) is 46.0 Å². The van der Waals surface area contributed by atoms with Gasteiger partial charge in [0.1, 0.15) is 0 Å². The second-order valence-corrected chi connectivity index (χ2v) is 7.22. The zero-order valence-electron chi connectivity index (χ0n) is 11.0. The fourth-order valence-electron chi connectivity index (χ4n) is 2.06. The summed E-state index contributed by atoms with van der Waals surface area (Å²) in [5.41, 5.74) is 2.69. The average molecular weight is 299 g/mol. The fourth-order valence-corrected chi connectivity index (χ4v) is 4.50. The van der Waals surface area contributed by atoms with Crippen LogP contribution < -0.4 is 0 Å². The first-order valence-corrected chi connectivity index (χ1v) is 8.62. The van der Waals surface area contributed by atoms with Crippen molar-refractivity contribution in [3.8, 4) is 9.75 Å². The second kappa shape index (κ2) is 6.74. The lowest BCUT2D eigenvalue weighted by molar-refractivity contribution is 0.667. The van der Waals surface area contributed by atoms with Crippen molar-refractivity contribution < 1.29 is 0 Å². The third-order valence-electron chi connectivity index (χ3n) is 3.14. The van der Waals surface area contributed by atoms with Crippen LogP contribution in [-0.4, -0.2) is 0 Å². The topological polar surface area (TPSA) is 0 Å². The number of thiophene rings is 2. The van der Waals surface area contributed by atoms with E-state index in [-0.39, 0.29) is 0 Å². The maximum atomic E-state index is 6.35. The van der Waals surface area contributed by atoms with Crippen molar-refractivity contribution in [2.24, 2.45) is 0 Å². The van der Waals surface area contributed by atoms with E-state index >= 15 is 0 Å². The first kappa shape index (κ1) is 14.1. The molecule has 0 unspecified atom stereocenters. The molecule has 2 rings (SSSR count). The van der Waals surface area contributed by atoms with Crippen molar-refractivity contribution in [3.05, 3.63) is 33.0 Å². The Hall–Kier alpha value is -0.310. The van der Waals surface area contributed by atoms with Gasteiger partial charge in [0.15, 0.2) is 0 Å². The summed E-state index contributed by atoms with van der Waals surface area (Å²) in [6.07, 6.45) is 6.32. The maximum Gasteiger partial charge on any atom is 0.0967 e. The number of rotatable bonds is 6. The van der Waals surface area contributed by atoms with Gasteiger partial charge in [-0.15, -0.1) is 22.7 Å². The molecule has 0 amide bonds. The predicted octanol–water partition coefficient (Wildman–Crippen LogP) is 6.56. The summed E-state index contributed by atoms with van der Waals surface area (Å²) in [7, 11) is 0. The number of halogens is 1. The molecule has 0 saturated carbocycles. The quantitative estimate of drug-likeness (QED) is 0.530. The van der Waals surface area contributed by atoms with Gasteiger partial charge < -0.3 is 0 Å². The zero-order valence-corrected chi connectivity index (χ0v) is 13.4. The normalized spacial score (nSPS) is 11.1. The minimum absolute atomic E-state index is 0.981. The Morgan fingerprint density at radius 3 is 2.72 bits per heavy atom. The molecule has 0 bridgehead atoms. The highest BCUT2D eigenvalue weighted by Crippen LogP contribution is 2.39. The molecule has 2 aromatic rings. The number of unbranched alkanes of at least 4 members (excludes halogenated alkanes) is 3. The third-order valence-corrected chi connectivity index (χ3v) is 5.78. The van der Waals surface area contributed by atoms with Gasteiger partial charge in [0.2, 0.25) is 0 Å². The molecule has 2 heterocycles. The SMILES string of the molecule is CCCCCCc1cc(-c2sccc2C)sc1Cl. The van der Waals surface area contributed by atoms with Crippen LogP contribution in [0.15, 0.2) is 17.5 Å². The molecule has 0 aliphatic carbocycles. The summed E-state index contributed by atoms with van der Waals surface area (Å²) < 4.78 is 0.981. The number of hydrogen-bond donors (Lipinski definition) is 0. The number of hydrogen-bond acceptors (Lipinski definition) is 2. The molecular formula is C15H19ClS2. The predicted molar refractivity (Wildman–Crippen MR) is 85.2 cm³/mol. The van der Waals surface area contributed by atoms with Crippen LogP contribution in [0.25, 0.3) is 9.75 Å². The molecule has 3 heteroatoms. The summed E-state index contributed by atoms with van der Waals surface area (Å²) in [5.74, 6) is 0. The third kappa shape index (κ3) is 3.37. The van der Waals surface area contributed by atoms with E-state index in [1.54, 1.807) is 11.3 Å². The molecule has 0 aliphatic rings. The van der Waals surface area contributed by atoms with Crippen LogP contribution in [0.1, 0.15) is 43.7 Å². The van der Waals surface area contributed by atoms with E-state index < -0.39 is 0 Å². The van der Waals surface area contributed by atoms with Crippen LogP contribution in [0.5, 0.6) is 0 Å². The van der Waals surface area contributed by atoms with Crippen LogP contribution in [0.4, 0.5) is 0 Å². The first-order chi connectivity index (χ1) is 8.72. The molecule has 2 aromatic heterocycles. The van der Waals surface area contributed by atoms with E-state index in [1.165, 1.54) is 46.6 Å². The first-order valence-electron chi connectivity index (χ1n) is 6.55. The Morgan fingerprint density at radius 1 is 1.22 bits per heavy atom. The summed E-state index contributed by atoms with van der Waals surface area (Å²) in [4.78, 5) is 2.71. The minimum atomic E-state index is 0.981. The monoisotopic (exact) mass is 298 g/mol. The highest BCUT2D eigenvalue weighted by Gasteiger charge is 2.11. The van der Waals surface area contributed by atoms with Gasteiger partial charge in [-0.25, -0.2) is 0 Å². The van der Waals surface area contributed by atoms with Crippen LogP contribution in [0, 0.1) is 6.92 Å². The van der Waals surface area contributed by atoms with Gasteiger partial charge in [-0.3, -0.25) is 0 Å². The Kier molecular flexibility index (Phi) is 5.28. The Morgan fingerprint density at radius 2 is 2.06 bits per heavy atom. The maximum absolute atomic E-state index is 6.35. The van der Waals surface area contributed by atoms with E-state index in [0.29, 0.717) is 0 Å². The molecule has 0 N–H and O–H groups in total. The van der Waals surface area contributed by atoms with E-state index in [4.69, 9.17) is 11.6 Å². The smallest absolute Gasteiger partial charge is 0.0967 e. The molecule has 0 atom stereocenters. The van der Waals surface area contributed by atoms with E-state index in [0.717, 1.165) is 10.8 Å². The van der Waals surface area contributed by atoms with Gasteiger partial charge in [0.05, 0.1) is 4.34 Å². The van der Waals surface area contributed by atoms with Gasteiger partial charge in [0.25, 0.3) is 0 Å². The number of aryl methyl sites for hydroxylation is 2. The van der Waals surface area contributed by atoms with Gasteiger partial charge in [-0.1, -0.05) is 37.8 Å². The van der Waals surface area contributed by atoms with Crippen LogP contribution in [-0.2, 0) is 6.42 Å². The summed E-state index contributed by atoms with van der Waals surface area (Å²) >= 11 is 9.88. The van der Waals surface area contributed by atoms with Crippen molar-refractivity contribution in [1.29, 1.82) is 0 Å². The van der Waals surface area contributed by atoms with Gasteiger partial charge in [-0.05, 0) is 48.4 Å². The molecule has 0 aliphatic heterocycles. The molecule has 0 nitrogen and oxygen atoms in total.